The smallest absolute Gasteiger partial charge is 0.295 e. The molecule has 1 fully saturated rings. The van der Waals surface area contributed by atoms with Crippen molar-refractivity contribution in [2.75, 3.05) is 26.2 Å². The van der Waals surface area contributed by atoms with Gasteiger partial charge in [-0.2, -0.15) is 0 Å². The van der Waals surface area contributed by atoms with Crippen LogP contribution in [0.2, 0.25) is 0 Å². The van der Waals surface area contributed by atoms with E-state index in [1.165, 1.54) is 5.57 Å². The molecule has 1 saturated heterocycles. The van der Waals surface area contributed by atoms with Gasteiger partial charge in [0, 0.05) is 43.3 Å². The second kappa shape index (κ2) is 10.3. The first kappa shape index (κ1) is 23.1. The third-order valence-electron chi connectivity index (χ3n) is 7.13. The molecule has 1 aromatic heterocycles. The molecular weight excluding hydrogens is 438 g/mol. The molecule has 0 unspecified atom stereocenters. The van der Waals surface area contributed by atoms with Crippen LogP contribution in [-0.4, -0.2) is 58.1 Å². The number of likely N-dealkylation sites (tertiary alicyclic amines) is 1. The normalized spacial score (nSPS) is 16.6. The summed E-state index contributed by atoms with van der Waals surface area (Å²) in [6, 6.07) is 17.6. The van der Waals surface area contributed by atoms with E-state index in [9.17, 15) is 14.4 Å². The molecule has 0 aliphatic carbocycles. The number of carbonyl (C=O) groups is 3. The standard InChI is InChI=1S/C29H31N3O3/c33-27(30-16-8-1-2-9-17-30)21-32-20-25(24-12-6-7-13-26(24)32)28(34)29(35)31-18-14-23(15-19-31)22-10-4-3-5-11-22/h3-7,10-14,20H,1-2,8-9,15-19,21H2. The van der Waals surface area contributed by atoms with E-state index >= 15 is 0 Å². The average Bonchev–Trinajstić information content (AvgIpc) is 3.07. The predicted molar refractivity (Wildman–Crippen MR) is 137 cm³/mol. The van der Waals surface area contributed by atoms with E-state index in [-0.39, 0.29) is 12.5 Å². The maximum atomic E-state index is 13.3. The molecule has 0 bridgehead atoms. The number of ketones is 1. The van der Waals surface area contributed by atoms with Crippen molar-refractivity contribution < 1.29 is 14.4 Å². The fraction of sp³-hybridized carbons (Fsp3) is 0.345. The molecule has 3 heterocycles. The fourth-order valence-corrected chi connectivity index (χ4v) is 5.15. The van der Waals surface area contributed by atoms with Crippen molar-refractivity contribution in [2.45, 2.75) is 38.6 Å². The van der Waals surface area contributed by atoms with Gasteiger partial charge in [-0.25, -0.2) is 0 Å². The number of Topliss-reactive ketones (excluding diaryl/α,β-unsaturated/α-hetero) is 1. The first-order chi connectivity index (χ1) is 17.1. The van der Waals surface area contributed by atoms with Gasteiger partial charge in [-0.05, 0) is 36.5 Å². The Kier molecular flexibility index (Phi) is 6.80. The average molecular weight is 470 g/mol. The van der Waals surface area contributed by atoms with Crippen molar-refractivity contribution in [1.82, 2.24) is 14.4 Å². The van der Waals surface area contributed by atoms with E-state index in [4.69, 9.17) is 0 Å². The quantitative estimate of drug-likeness (QED) is 0.407. The summed E-state index contributed by atoms with van der Waals surface area (Å²) < 4.78 is 1.83. The molecule has 180 valence electrons. The van der Waals surface area contributed by atoms with Crippen molar-refractivity contribution in [2.24, 2.45) is 0 Å². The predicted octanol–water partition coefficient (Wildman–Crippen LogP) is 4.54. The van der Waals surface area contributed by atoms with Crippen molar-refractivity contribution >= 4 is 34.1 Å². The highest BCUT2D eigenvalue weighted by molar-refractivity contribution is 6.45. The van der Waals surface area contributed by atoms with Crippen LogP contribution in [0.15, 0.2) is 66.9 Å². The van der Waals surface area contributed by atoms with Gasteiger partial charge in [-0.3, -0.25) is 14.4 Å². The van der Waals surface area contributed by atoms with Gasteiger partial charge in [0.15, 0.2) is 0 Å². The number of amides is 2. The number of fused-ring (bicyclic) bond motifs is 1. The second-order valence-corrected chi connectivity index (χ2v) is 9.41. The van der Waals surface area contributed by atoms with Crippen LogP contribution < -0.4 is 0 Å². The molecule has 6 heteroatoms. The third-order valence-corrected chi connectivity index (χ3v) is 7.13. The van der Waals surface area contributed by atoms with Gasteiger partial charge < -0.3 is 14.4 Å². The highest BCUT2D eigenvalue weighted by Gasteiger charge is 2.28. The van der Waals surface area contributed by atoms with Crippen LogP contribution in [0.3, 0.4) is 0 Å². The molecule has 3 aromatic rings. The Morgan fingerprint density at radius 1 is 0.771 bits per heavy atom. The lowest BCUT2D eigenvalue weighted by Crippen LogP contribution is -2.39. The van der Waals surface area contributed by atoms with Crippen LogP contribution in [0, 0.1) is 0 Å². The number of aromatic nitrogens is 1. The van der Waals surface area contributed by atoms with Crippen LogP contribution in [0.4, 0.5) is 0 Å². The molecule has 0 spiro atoms. The monoisotopic (exact) mass is 469 g/mol. The van der Waals surface area contributed by atoms with Crippen LogP contribution in [-0.2, 0) is 16.1 Å². The Morgan fingerprint density at radius 2 is 1.49 bits per heavy atom. The number of nitrogens with zero attached hydrogens (tertiary/aromatic N) is 3. The number of carbonyl (C=O) groups excluding carboxylic acids is 3. The highest BCUT2D eigenvalue weighted by atomic mass is 16.2. The van der Waals surface area contributed by atoms with Crippen LogP contribution >= 0.6 is 0 Å². The van der Waals surface area contributed by atoms with Gasteiger partial charge in [-0.15, -0.1) is 0 Å². The van der Waals surface area contributed by atoms with E-state index in [0.29, 0.717) is 24.0 Å². The van der Waals surface area contributed by atoms with E-state index in [1.54, 1.807) is 11.1 Å². The zero-order valence-corrected chi connectivity index (χ0v) is 20.0. The summed E-state index contributed by atoms with van der Waals surface area (Å²) in [4.78, 5) is 43.1. The number of benzene rings is 2. The number of hydrogen-bond donors (Lipinski definition) is 0. The zero-order valence-electron chi connectivity index (χ0n) is 20.0. The number of hydrogen-bond acceptors (Lipinski definition) is 3. The van der Waals surface area contributed by atoms with Crippen LogP contribution in [0.25, 0.3) is 16.5 Å². The van der Waals surface area contributed by atoms with Gasteiger partial charge in [0.1, 0.15) is 6.54 Å². The Bertz CT molecular complexity index is 1270. The van der Waals surface area contributed by atoms with Crippen molar-refractivity contribution in [3.63, 3.8) is 0 Å². The van der Waals surface area contributed by atoms with Crippen molar-refractivity contribution in [3.8, 4) is 0 Å². The molecule has 2 amide bonds. The SMILES string of the molecule is O=C(C(=O)N1CC=C(c2ccccc2)CC1)c1cn(CC(=O)N2CCCCCC2)c2ccccc12. The highest BCUT2D eigenvalue weighted by Crippen LogP contribution is 2.25. The van der Waals surface area contributed by atoms with Gasteiger partial charge in [0.05, 0.1) is 5.56 Å². The molecule has 6 nitrogen and oxygen atoms in total. The summed E-state index contributed by atoms with van der Waals surface area (Å²) in [7, 11) is 0. The largest absolute Gasteiger partial charge is 0.341 e. The summed E-state index contributed by atoms with van der Waals surface area (Å²) in [6.07, 6.45) is 8.84. The summed E-state index contributed by atoms with van der Waals surface area (Å²) in [5.74, 6) is -0.943. The van der Waals surface area contributed by atoms with E-state index in [2.05, 4.69) is 12.1 Å². The Labute approximate surface area is 205 Å². The first-order valence-corrected chi connectivity index (χ1v) is 12.6. The minimum absolute atomic E-state index is 0.0626. The Hall–Kier alpha value is -3.67. The zero-order chi connectivity index (χ0) is 24.2. The molecular formula is C29H31N3O3. The van der Waals surface area contributed by atoms with Crippen LogP contribution in [0.5, 0.6) is 0 Å². The molecule has 5 rings (SSSR count). The second-order valence-electron chi connectivity index (χ2n) is 9.41. The molecule has 0 N–H and O–H groups in total. The molecule has 0 atom stereocenters. The van der Waals surface area contributed by atoms with Crippen molar-refractivity contribution in [3.05, 3.63) is 78.0 Å². The Balaban J connectivity index is 1.34. The maximum Gasteiger partial charge on any atom is 0.295 e. The van der Waals surface area contributed by atoms with E-state index in [0.717, 1.165) is 56.3 Å². The van der Waals surface area contributed by atoms with Crippen LogP contribution in [0.1, 0.15) is 48.0 Å². The summed E-state index contributed by atoms with van der Waals surface area (Å²) in [6.45, 7) is 2.68. The van der Waals surface area contributed by atoms with E-state index in [1.807, 2.05) is 58.0 Å². The third kappa shape index (κ3) is 4.92. The summed E-state index contributed by atoms with van der Waals surface area (Å²) in [5.41, 5.74) is 3.53. The van der Waals surface area contributed by atoms with Crippen molar-refractivity contribution in [1.29, 1.82) is 0 Å². The van der Waals surface area contributed by atoms with Gasteiger partial charge >= 0.3 is 0 Å². The van der Waals surface area contributed by atoms with Gasteiger partial charge in [0.2, 0.25) is 5.91 Å². The van der Waals surface area contributed by atoms with Gasteiger partial charge in [-0.1, -0.05) is 67.4 Å². The molecule has 2 aromatic carbocycles. The lowest BCUT2D eigenvalue weighted by molar-refractivity contribution is -0.131. The summed E-state index contributed by atoms with van der Waals surface area (Å²) >= 11 is 0. The lowest BCUT2D eigenvalue weighted by atomic mass is 9.99. The molecule has 0 radical (unpaired) electrons. The first-order valence-electron chi connectivity index (χ1n) is 12.6. The minimum atomic E-state index is -0.515. The summed E-state index contributed by atoms with van der Waals surface area (Å²) in [5, 5.41) is 0.715. The van der Waals surface area contributed by atoms with Gasteiger partial charge in [0.25, 0.3) is 11.7 Å². The molecule has 0 saturated carbocycles. The van der Waals surface area contributed by atoms with E-state index < -0.39 is 11.7 Å². The topological polar surface area (TPSA) is 62.6 Å². The lowest BCUT2D eigenvalue weighted by Gasteiger charge is -2.26. The fourth-order valence-electron chi connectivity index (χ4n) is 5.15. The molecule has 2 aliphatic rings. The number of rotatable bonds is 5. The molecule has 35 heavy (non-hydrogen) atoms. The Morgan fingerprint density at radius 3 is 2.20 bits per heavy atom. The maximum absolute atomic E-state index is 13.3. The molecule has 2 aliphatic heterocycles. The number of para-hydroxylation sites is 1. The minimum Gasteiger partial charge on any atom is -0.341 e.